The molecule has 8 nitrogen and oxygen atoms in total. The summed E-state index contributed by atoms with van der Waals surface area (Å²) in [5.41, 5.74) is 2.80. The third kappa shape index (κ3) is 7.05. The van der Waals surface area contributed by atoms with E-state index in [9.17, 15) is 21.6 Å². The maximum absolute atomic E-state index is 13.5. The van der Waals surface area contributed by atoms with E-state index in [1.807, 2.05) is 19.9 Å². The highest BCUT2D eigenvalue weighted by molar-refractivity contribution is 9.10. The number of hydrogen-bond acceptors (Lipinski definition) is 5. The van der Waals surface area contributed by atoms with Crippen molar-refractivity contribution in [1.29, 1.82) is 0 Å². The van der Waals surface area contributed by atoms with E-state index in [0.717, 1.165) is 19.9 Å². The van der Waals surface area contributed by atoms with Crippen LogP contribution in [-0.4, -0.2) is 29.3 Å². The third-order valence-electron chi connectivity index (χ3n) is 5.66. The van der Waals surface area contributed by atoms with Crippen LogP contribution < -0.4 is 14.3 Å². The zero-order chi connectivity index (χ0) is 28.2. The van der Waals surface area contributed by atoms with Crippen LogP contribution in [0.25, 0.3) is 0 Å². The van der Waals surface area contributed by atoms with Crippen LogP contribution in [0.4, 0.5) is 17.1 Å². The van der Waals surface area contributed by atoms with Gasteiger partial charge in [0.15, 0.2) is 0 Å². The lowest BCUT2D eigenvalue weighted by Gasteiger charge is -2.25. The predicted molar refractivity (Wildman–Crippen MR) is 157 cm³/mol. The van der Waals surface area contributed by atoms with E-state index in [1.54, 1.807) is 54.6 Å². The van der Waals surface area contributed by atoms with E-state index in [0.29, 0.717) is 17.1 Å². The molecule has 0 spiro atoms. The number of aryl methyl sites for hydroxylation is 2. The number of carbonyl (C=O) groups excluding carboxylic acids is 1. The number of sulfonamides is 2. The Morgan fingerprint density at radius 2 is 1.31 bits per heavy atom. The smallest absolute Gasteiger partial charge is 0.264 e. The lowest BCUT2D eigenvalue weighted by Crippen LogP contribution is -2.38. The Morgan fingerprint density at radius 1 is 0.744 bits per heavy atom. The normalized spacial score (nSPS) is 11.6. The number of hydrogen-bond donors (Lipinski definition) is 2. The van der Waals surface area contributed by atoms with Gasteiger partial charge >= 0.3 is 0 Å². The van der Waals surface area contributed by atoms with E-state index in [2.05, 4.69) is 26.0 Å². The van der Waals surface area contributed by atoms with Crippen LogP contribution in [0.1, 0.15) is 11.1 Å². The maximum Gasteiger partial charge on any atom is 0.264 e. The minimum Gasteiger partial charge on any atom is -0.325 e. The molecule has 0 atom stereocenters. The number of nitrogens with zero attached hydrogens (tertiary/aromatic N) is 1. The van der Waals surface area contributed by atoms with Crippen molar-refractivity contribution >= 4 is 58.9 Å². The van der Waals surface area contributed by atoms with Crippen LogP contribution >= 0.6 is 15.9 Å². The quantitative estimate of drug-likeness (QED) is 0.247. The lowest BCUT2D eigenvalue weighted by atomic mass is 10.1. The van der Waals surface area contributed by atoms with E-state index in [1.165, 1.54) is 36.4 Å². The predicted octanol–water partition coefficient (Wildman–Crippen LogP) is 5.70. The molecule has 0 fully saturated rings. The molecule has 1 amide bonds. The zero-order valence-electron chi connectivity index (χ0n) is 21.1. The molecule has 0 unspecified atom stereocenters. The first-order valence-corrected chi connectivity index (χ1v) is 15.5. The van der Waals surface area contributed by atoms with Crippen molar-refractivity contribution in [3.05, 3.63) is 113 Å². The third-order valence-corrected chi connectivity index (χ3v) is 9.37. The standard InChI is InChI=1S/C28H26BrN3O5S2/c1-20-16-21(2)18-25(17-20)32(39(36,37)27-6-4-3-5-7-27)19-28(33)30-23-12-14-26(15-13-23)38(34,35)31-24-10-8-22(29)9-11-24/h3-18,31H,19H2,1-2H3,(H,30,33). The van der Waals surface area contributed by atoms with Gasteiger partial charge in [0.25, 0.3) is 20.0 Å². The van der Waals surface area contributed by atoms with Gasteiger partial charge in [0.2, 0.25) is 5.91 Å². The van der Waals surface area contributed by atoms with Gasteiger partial charge in [0.1, 0.15) is 6.54 Å². The molecule has 0 aromatic heterocycles. The topological polar surface area (TPSA) is 113 Å². The number of nitrogens with one attached hydrogen (secondary N) is 2. The molecule has 0 radical (unpaired) electrons. The van der Waals surface area contributed by atoms with Gasteiger partial charge < -0.3 is 5.32 Å². The Labute approximate surface area is 236 Å². The first-order valence-electron chi connectivity index (χ1n) is 11.8. The molecule has 4 aromatic carbocycles. The van der Waals surface area contributed by atoms with Gasteiger partial charge in [0, 0.05) is 15.8 Å². The van der Waals surface area contributed by atoms with Gasteiger partial charge in [-0.05, 0) is 97.8 Å². The number of amides is 1. The molecule has 0 saturated carbocycles. The summed E-state index contributed by atoms with van der Waals surface area (Å²) in [5.74, 6) is -0.586. The Morgan fingerprint density at radius 3 is 1.90 bits per heavy atom. The van der Waals surface area contributed by atoms with Crippen LogP contribution in [0, 0.1) is 13.8 Å². The molecule has 0 aliphatic carbocycles. The van der Waals surface area contributed by atoms with Crippen LogP contribution in [0.3, 0.4) is 0 Å². The number of anilines is 3. The number of rotatable bonds is 9. The van der Waals surface area contributed by atoms with E-state index >= 15 is 0 Å². The SMILES string of the molecule is Cc1cc(C)cc(N(CC(=O)Nc2ccc(S(=O)(=O)Nc3ccc(Br)cc3)cc2)S(=O)(=O)c2ccccc2)c1. The van der Waals surface area contributed by atoms with Gasteiger partial charge in [-0.3, -0.25) is 13.8 Å². The lowest BCUT2D eigenvalue weighted by molar-refractivity contribution is -0.114. The van der Waals surface area contributed by atoms with E-state index < -0.39 is 32.5 Å². The zero-order valence-corrected chi connectivity index (χ0v) is 24.3. The maximum atomic E-state index is 13.5. The molecule has 11 heteroatoms. The van der Waals surface area contributed by atoms with Crippen molar-refractivity contribution in [2.45, 2.75) is 23.6 Å². The molecule has 0 bridgehead atoms. The van der Waals surface area contributed by atoms with Crippen molar-refractivity contribution in [2.24, 2.45) is 0 Å². The summed E-state index contributed by atoms with van der Waals surface area (Å²) in [6.45, 7) is 3.22. The Hall–Kier alpha value is -3.67. The van der Waals surface area contributed by atoms with Crippen LogP contribution in [0.5, 0.6) is 0 Å². The van der Waals surface area contributed by atoms with Crippen molar-refractivity contribution in [3.63, 3.8) is 0 Å². The number of halogens is 1. The Kier molecular flexibility index (Phi) is 8.43. The van der Waals surface area contributed by atoms with Gasteiger partial charge in [-0.25, -0.2) is 16.8 Å². The van der Waals surface area contributed by atoms with Crippen molar-refractivity contribution in [2.75, 3.05) is 20.9 Å². The second kappa shape index (κ2) is 11.6. The largest absolute Gasteiger partial charge is 0.325 e. The van der Waals surface area contributed by atoms with Crippen molar-refractivity contribution < 1.29 is 21.6 Å². The second-order valence-electron chi connectivity index (χ2n) is 8.86. The molecule has 4 rings (SSSR count). The molecule has 0 heterocycles. The summed E-state index contributed by atoms with van der Waals surface area (Å²) < 4.78 is 56.9. The average molecular weight is 629 g/mol. The molecule has 0 saturated heterocycles. The Balaban J connectivity index is 1.54. The first kappa shape index (κ1) is 28.3. The monoisotopic (exact) mass is 627 g/mol. The highest BCUT2D eigenvalue weighted by Gasteiger charge is 2.27. The fourth-order valence-corrected chi connectivity index (χ4v) is 6.66. The minimum absolute atomic E-state index is 0.00642. The second-order valence-corrected chi connectivity index (χ2v) is 13.3. The first-order chi connectivity index (χ1) is 18.4. The summed E-state index contributed by atoms with van der Waals surface area (Å²) in [7, 11) is -7.90. The van der Waals surface area contributed by atoms with Gasteiger partial charge in [-0.1, -0.05) is 40.2 Å². The van der Waals surface area contributed by atoms with E-state index in [4.69, 9.17) is 0 Å². The van der Waals surface area contributed by atoms with Gasteiger partial charge in [-0.15, -0.1) is 0 Å². The van der Waals surface area contributed by atoms with Gasteiger partial charge in [-0.2, -0.15) is 0 Å². The summed E-state index contributed by atoms with van der Waals surface area (Å²) in [6.07, 6.45) is 0. The summed E-state index contributed by atoms with van der Waals surface area (Å²) in [4.78, 5) is 13.1. The molecule has 4 aromatic rings. The molecule has 0 aliphatic heterocycles. The molecule has 0 aliphatic rings. The van der Waals surface area contributed by atoms with E-state index in [-0.39, 0.29) is 9.79 Å². The van der Waals surface area contributed by atoms with Crippen LogP contribution in [0.2, 0.25) is 0 Å². The summed E-state index contributed by atoms with van der Waals surface area (Å²) in [6, 6.07) is 25.5. The average Bonchev–Trinajstić information content (AvgIpc) is 2.88. The summed E-state index contributed by atoms with van der Waals surface area (Å²) in [5, 5.41) is 2.66. The highest BCUT2D eigenvalue weighted by atomic mass is 79.9. The van der Waals surface area contributed by atoms with Gasteiger partial charge in [0.05, 0.1) is 15.5 Å². The molecule has 202 valence electrons. The minimum atomic E-state index is -4.05. The van der Waals surface area contributed by atoms with Crippen molar-refractivity contribution in [3.8, 4) is 0 Å². The Bertz CT molecular complexity index is 1670. The molecular weight excluding hydrogens is 602 g/mol. The van der Waals surface area contributed by atoms with Crippen molar-refractivity contribution in [1.82, 2.24) is 0 Å². The fourth-order valence-electron chi connectivity index (χ4n) is 3.91. The number of benzene rings is 4. The molecule has 39 heavy (non-hydrogen) atoms. The highest BCUT2D eigenvalue weighted by Crippen LogP contribution is 2.26. The van der Waals surface area contributed by atoms with Crippen LogP contribution in [-0.2, 0) is 24.8 Å². The fraction of sp³-hybridized carbons (Fsp3) is 0.107. The van der Waals surface area contributed by atoms with Crippen LogP contribution in [0.15, 0.2) is 111 Å². The molecule has 2 N–H and O–H groups in total. The molecular formula is C28H26BrN3O5S2. The number of carbonyl (C=O) groups is 1. The summed E-state index contributed by atoms with van der Waals surface area (Å²) >= 11 is 3.31.